The monoisotopic (exact) mass is 280 g/mol. The van der Waals surface area contributed by atoms with Gasteiger partial charge in [-0.25, -0.2) is 0 Å². The van der Waals surface area contributed by atoms with E-state index in [1.165, 1.54) is 10.6 Å². The fourth-order valence-electron chi connectivity index (χ4n) is 2.88. The SMILES string of the molecule is CC1C=c2ccc[n+](Cc3ccccc3B(O)O)c2=CC1. The van der Waals surface area contributed by atoms with Crippen molar-refractivity contribution in [2.45, 2.75) is 19.9 Å². The van der Waals surface area contributed by atoms with Gasteiger partial charge >= 0.3 is 7.12 Å². The normalized spacial score (nSPS) is 16.6. The maximum Gasteiger partial charge on any atom is 0.488 e. The largest absolute Gasteiger partial charge is 0.488 e. The van der Waals surface area contributed by atoms with Crippen LogP contribution in [0.1, 0.15) is 18.9 Å². The van der Waals surface area contributed by atoms with E-state index in [9.17, 15) is 10.0 Å². The number of fused-ring (bicyclic) bond motifs is 1. The maximum atomic E-state index is 9.49. The molecule has 0 spiro atoms. The van der Waals surface area contributed by atoms with Crippen LogP contribution in [0.5, 0.6) is 0 Å². The number of nitrogens with zero attached hydrogens (tertiary/aromatic N) is 1. The van der Waals surface area contributed by atoms with Crippen LogP contribution in [0.3, 0.4) is 0 Å². The van der Waals surface area contributed by atoms with Crippen molar-refractivity contribution in [1.29, 1.82) is 0 Å². The molecule has 1 heterocycles. The molecule has 3 nitrogen and oxygen atoms in total. The molecule has 2 N–H and O–H groups in total. The van der Waals surface area contributed by atoms with Gasteiger partial charge < -0.3 is 10.0 Å². The van der Waals surface area contributed by atoms with Gasteiger partial charge in [-0.1, -0.05) is 37.3 Å². The summed E-state index contributed by atoms with van der Waals surface area (Å²) in [5.74, 6) is 0.569. The van der Waals surface area contributed by atoms with Gasteiger partial charge in [0, 0.05) is 16.8 Å². The molecule has 0 fully saturated rings. The molecular weight excluding hydrogens is 261 g/mol. The highest BCUT2D eigenvalue weighted by molar-refractivity contribution is 6.59. The fourth-order valence-corrected chi connectivity index (χ4v) is 2.88. The standard InChI is InChI=1S/C17H19BNO2/c1-13-8-9-17-14(11-13)6-4-10-19(17)12-15-5-2-3-7-16(15)18(20)21/h2-7,9-11,13,20-21H,8,12H2,1H3/q+1. The Bertz CT molecular complexity index is 771. The first kappa shape index (κ1) is 14.0. The predicted octanol–water partition coefficient (Wildman–Crippen LogP) is -0.697. The van der Waals surface area contributed by atoms with Crippen LogP contribution in [0.15, 0.2) is 42.6 Å². The average molecular weight is 280 g/mol. The molecule has 4 heteroatoms. The Morgan fingerprint density at radius 1 is 1.19 bits per heavy atom. The minimum atomic E-state index is -1.43. The summed E-state index contributed by atoms with van der Waals surface area (Å²) in [4.78, 5) is 0. The zero-order chi connectivity index (χ0) is 14.8. The van der Waals surface area contributed by atoms with Crippen LogP contribution in [0, 0.1) is 5.92 Å². The molecule has 106 valence electrons. The summed E-state index contributed by atoms with van der Waals surface area (Å²) in [5.41, 5.74) is 1.49. The lowest BCUT2D eigenvalue weighted by molar-refractivity contribution is -0.701. The molecule has 0 aliphatic heterocycles. The van der Waals surface area contributed by atoms with E-state index < -0.39 is 7.12 Å². The molecule has 1 atom stereocenters. The third-order valence-electron chi connectivity index (χ3n) is 3.97. The van der Waals surface area contributed by atoms with Crippen molar-refractivity contribution in [2.75, 3.05) is 0 Å². The third-order valence-corrected chi connectivity index (χ3v) is 3.97. The zero-order valence-electron chi connectivity index (χ0n) is 12.1. The molecule has 2 aromatic rings. The minimum absolute atomic E-state index is 0.566. The maximum absolute atomic E-state index is 9.49. The summed E-state index contributed by atoms with van der Waals surface area (Å²) < 4.78 is 2.17. The van der Waals surface area contributed by atoms with E-state index in [1.807, 2.05) is 30.5 Å². The summed E-state index contributed by atoms with van der Waals surface area (Å²) in [6, 6.07) is 11.6. The van der Waals surface area contributed by atoms with Crippen LogP contribution in [0.25, 0.3) is 12.2 Å². The molecule has 1 aliphatic carbocycles. The number of pyridine rings is 1. The van der Waals surface area contributed by atoms with Crippen molar-refractivity contribution in [2.24, 2.45) is 5.92 Å². The quantitative estimate of drug-likeness (QED) is 0.577. The molecule has 1 unspecified atom stereocenters. The van der Waals surface area contributed by atoms with Crippen LogP contribution in [0.4, 0.5) is 0 Å². The topological polar surface area (TPSA) is 44.3 Å². The van der Waals surface area contributed by atoms with Crippen molar-refractivity contribution < 1.29 is 14.6 Å². The summed E-state index contributed by atoms with van der Waals surface area (Å²) >= 11 is 0. The fraction of sp³-hybridized carbons (Fsp3) is 0.235. The Balaban J connectivity index is 2.05. The van der Waals surface area contributed by atoms with Crippen LogP contribution < -0.4 is 20.6 Å². The molecular formula is C17H19BNO2+. The van der Waals surface area contributed by atoms with E-state index in [2.05, 4.69) is 29.7 Å². The van der Waals surface area contributed by atoms with Crippen molar-refractivity contribution >= 4 is 24.7 Å². The third kappa shape index (κ3) is 2.92. The van der Waals surface area contributed by atoms with Gasteiger partial charge in [0.25, 0.3) is 0 Å². The van der Waals surface area contributed by atoms with Gasteiger partial charge in [0.15, 0.2) is 12.7 Å². The van der Waals surface area contributed by atoms with Gasteiger partial charge in [0.2, 0.25) is 5.35 Å². The summed E-state index contributed by atoms with van der Waals surface area (Å²) in [5, 5.41) is 21.4. The molecule has 0 saturated heterocycles. The molecule has 0 saturated carbocycles. The smallest absolute Gasteiger partial charge is 0.423 e. The van der Waals surface area contributed by atoms with Gasteiger partial charge in [0.1, 0.15) is 0 Å². The first-order valence-electron chi connectivity index (χ1n) is 7.29. The molecule has 21 heavy (non-hydrogen) atoms. The van der Waals surface area contributed by atoms with E-state index in [-0.39, 0.29) is 0 Å². The number of hydrogen-bond acceptors (Lipinski definition) is 2. The Morgan fingerprint density at radius 2 is 2.00 bits per heavy atom. The number of benzene rings is 1. The number of aromatic nitrogens is 1. The summed E-state index contributed by atoms with van der Waals surface area (Å²) in [6.07, 6.45) is 7.64. The second-order valence-corrected chi connectivity index (χ2v) is 5.63. The predicted molar refractivity (Wildman–Crippen MR) is 84.0 cm³/mol. The van der Waals surface area contributed by atoms with E-state index in [0.717, 1.165) is 12.0 Å². The van der Waals surface area contributed by atoms with E-state index >= 15 is 0 Å². The number of hydrogen-bond donors (Lipinski definition) is 2. The van der Waals surface area contributed by atoms with Crippen molar-refractivity contribution in [1.82, 2.24) is 0 Å². The molecule has 1 aromatic carbocycles. The second kappa shape index (κ2) is 5.84. The van der Waals surface area contributed by atoms with Gasteiger partial charge in [-0.3, -0.25) is 0 Å². The number of rotatable bonds is 3. The van der Waals surface area contributed by atoms with Crippen LogP contribution in [-0.2, 0) is 6.54 Å². The average Bonchev–Trinajstić information content (AvgIpc) is 2.47. The molecule has 0 amide bonds. The van der Waals surface area contributed by atoms with Crippen molar-refractivity contribution in [3.8, 4) is 0 Å². The molecule has 1 aromatic heterocycles. The van der Waals surface area contributed by atoms with Crippen molar-refractivity contribution in [3.05, 3.63) is 58.7 Å². The van der Waals surface area contributed by atoms with Crippen LogP contribution >= 0.6 is 0 Å². The molecule has 0 radical (unpaired) electrons. The van der Waals surface area contributed by atoms with Gasteiger partial charge in [-0.15, -0.1) is 0 Å². The summed E-state index contributed by atoms with van der Waals surface area (Å²) in [6.45, 7) is 2.85. The van der Waals surface area contributed by atoms with Gasteiger partial charge in [-0.05, 0) is 29.9 Å². The highest BCUT2D eigenvalue weighted by Gasteiger charge is 2.18. The van der Waals surface area contributed by atoms with E-state index in [4.69, 9.17) is 0 Å². The van der Waals surface area contributed by atoms with Gasteiger partial charge in [0.05, 0.1) is 0 Å². The first-order chi connectivity index (χ1) is 10.1. The van der Waals surface area contributed by atoms with E-state index in [1.54, 1.807) is 6.07 Å². The van der Waals surface area contributed by atoms with E-state index in [0.29, 0.717) is 17.9 Å². The first-order valence-corrected chi connectivity index (χ1v) is 7.29. The molecule has 0 bridgehead atoms. The van der Waals surface area contributed by atoms with Crippen LogP contribution in [-0.4, -0.2) is 17.2 Å². The molecule has 1 aliphatic rings. The minimum Gasteiger partial charge on any atom is -0.423 e. The highest BCUT2D eigenvalue weighted by Crippen LogP contribution is 2.05. The second-order valence-electron chi connectivity index (χ2n) is 5.63. The lowest BCUT2D eigenvalue weighted by Gasteiger charge is -2.09. The Morgan fingerprint density at radius 3 is 2.81 bits per heavy atom. The van der Waals surface area contributed by atoms with Crippen LogP contribution in [0.2, 0.25) is 0 Å². The Labute approximate surface area is 124 Å². The Hall–Kier alpha value is -1.91. The molecule has 3 rings (SSSR count). The van der Waals surface area contributed by atoms with Crippen molar-refractivity contribution in [3.63, 3.8) is 0 Å². The lowest BCUT2D eigenvalue weighted by atomic mass is 9.77. The van der Waals surface area contributed by atoms with Gasteiger partial charge in [-0.2, -0.15) is 4.57 Å². The Kier molecular flexibility index (Phi) is 3.91. The lowest BCUT2D eigenvalue weighted by Crippen LogP contribution is -2.58. The summed E-state index contributed by atoms with van der Waals surface area (Å²) in [7, 11) is -1.43. The highest BCUT2D eigenvalue weighted by atomic mass is 16.4. The zero-order valence-corrected chi connectivity index (χ0v) is 12.1.